The van der Waals surface area contributed by atoms with Gasteiger partial charge in [0.1, 0.15) is 11.3 Å². The summed E-state index contributed by atoms with van der Waals surface area (Å²) in [5.74, 6) is 0.830. The number of carbonyl (C=O) groups is 1. The van der Waals surface area contributed by atoms with Crippen LogP contribution >= 0.6 is 50.7 Å². The van der Waals surface area contributed by atoms with Crippen LogP contribution in [0.3, 0.4) is 0 Å². The first-order chi connectivity index (χ1) is 15.4. The maximum atomic E-state index is 12.5. The predicted octanol–water partition coefficient (Wildman–Crippen LogP) is 6.39. The van der Waals surface area contributed by atoms with Gasteiger partial charge in [0.25, 0.3) is 5.91 Å². The van der Waals surface area contributed by atoms with Crippen LogP contribution in [-0.4, -0.2) is 22.6 Å². The zero-order chi connectivity index (χ0) is 22.7. The van der Waals surface area contributed by atoms with E-state index in [0.29, 0.717) is 40.6 Å². The number of rotatable bonds is 5. The number of ether oxygens (including phenoxy) is 1. The molecule has 4 aromatic rings. The van der Waals surface area contributed by atoms with Crippen LogP contribution in [0.4, 0.5) is 5.69 Å². The van der Waals surface area contributed by atoms with Crippen molar-refractivity contribution in [1.82, 2.24) is 10.3 Å². The molecule has 0 bridgehead atoms. The van der Waals surface area contributed by atoms with Gasteiger partial charge in [-0.3, -0.25) is 10.1 Å². The van der Waals surface area contributed by atoms with Gasteiger partial charge in [-0.15, -0.1) is 0 Å². The van der Waals surface area contributed by atoms with Gasteiger partial charge in [0.15, 0.2) is 10.7 Å². The summed E-state index contributed by atoms with van der Waals surface area (Å²) < 4.78 is 13.3. The molecule has 1 aromatic heterocycles. The van der Waals surface area contributed by atoms with Crippen molar-refractivity contribution in [3.05, 3.63) is 74.3 Å². The van der Waals surface area contributed by atoms with Gasteiger partial charge in [-0.2, -0.15) is 0 Å². The first-order valence-corrected chi connectivity index (χ1v) is 11.9. The zero-order valence-electron chi connectivity index (χ0n) is 16.8. The Morgan fingerprint density at radius 2 is 2.03 bits per heavy atom. The molecule has 0 aliphatic heterocycles. The Labute approximate surface area is 212 Å². The first kappa shape index (κ1) is 22.7. The molecule has 0 unspecified atom stereocenters. The molecule has 0 aliphatic carbocycles. The van der Waals surface area contributed by atoms with Crippen molar-refractivity contribution >= 4 is 78.5 Å². The number of thiocarbonyl (C=S) groups is 1. The summed E-state index contributed by atoms with van der Waals surface area (Å²) in [5.41, 5.74) is 3.35. The van der Waals surface area contributed by atoms with Crippen LogP contribution in [0.1, 0.15) is 17.3 Å². The molecular weight excluding hydrogens is 605 g/mol. The van der Waals surface area contributed by atoms with Crippen molar-refractivity contribution in [1.29, 1.82) is 0 Å². The summed E-state index contributed by atoms with van der Waals surface area (Å²) in [6.07, 6.45) is 0. The number of aromatic nitrogens is 1. The molecule has 162 valence electrons. The third-order valence-electron chi connectivity index (χ3n) is 4.44. The molecule has 0 atom stereocenters. The Balaban J connectivity index is 1.48. The van der Waals surface area contributed by atoms with Crippen molar-refractivity contribution in [2.75, 3.05) is 11.9 Å². The molecule has 3 aromatic carbocycles. The normalized spacial score (nSPS) is 10.7. The van der Waals surface area contributed by atoms with Crippen molar-refractivity contribution in [3.8, 4) is 17.2 Å². The lowest BCUT2D eigenvalue weighted by Crippen LogP contribution is -2.34. The second-order valence-corrected chi connectivity index (χ2v) is 9.20. The number of fused-ring (bicyclic) bond motifs is 1. The second kappa shape index (κ2) is 9.97. The number of nitrogens with zero attached hydrogens (tertiary/aromatic N) is 1. The standard InChI is InChI=1S/C23H17BrIN3O3S/c1-2-30-16-5-3-4-13(10-16)21(29)28-23(32)26-15-7-9-20-19(12-15)27-22(31-20)17-11-14(25)6-8-18(17)24/h3-12H,2H2,1H3,(H2,26,28,29,32). The number of hydrogen-bond acceptors (Lipinski definition) is 5. The van der Waals surface area contributed by atoms with Gasteiger partial charge in [-0.1, -0.05) is 6.07 Å². The number of anilines is 1. The number of amides is 1. The Kier molecular flexibility index (Phi) is 7.07. The molecule has 0 spiro atoms. The van der Waals surface area contributed by atoms with Gasteiger partial charge in [0, 0.05) is 19.3 Å². The lowest BCUT2D eigenvalue weighted by Gasteiger charge is -2.10. The first-order valence-electron chi connectivity index (χ1n) is 9.64. The average Bonchev–Trinajstić information content (AvgIpc) is 3.19. The monoisotopic (exact) mass is 621 g/mol. The van der Waals surface area contributed by atoms with Crippen LogP contribution in [-0.2, 0) is 0 Å². The summed E-state index contributed by atoms with van der Waals surface area (Å²) >= 11 is 11.1. The van der Waals surface area contributed by atoms with Crippen molar-refractivity contribution in [3.63, 3.8) is 0 Å². The van der Waals surface area contributed by atoms with E-state index < -0.39 is 0 Å². The fraction of sp³-hybridized carbons (Fsp3) is 0.0870. The van der Waals surface area contributed by atoms with Gasteiger partial charge < -0.3 is 14.5 Å². The molecule has 0 fully saturated rings. The SMILES string of the molecule is CCOc1cccc(C(=O)NC(=S)Nc2ccc3oc(-c4cc(I)ccc4Br)nc3c2)c1. The van der Waals surface area contributed by atoms with Crippen LogP contribution in [0.2, 0.25) is 0 Å². The number of benzene rings is 3. The molecular formula is C23H17BrIN3O3S. The molecule has 6 nitrogen and oxygen atoms in total. The quantitative estimate of drug-likeness (QED) is 0.199. The number of carbonyl (C=O) groups excluding carboxylic acids is 1. The van der Waals surface area contributed by atoms with E-state index in [4.69, 9.17) is 21.4 Å². The molecule has 32 heavy (non-hydrogen) atoms. The molecule has 0 aliphatic rings. The van der Waals surface area contributed by atoms with Crippen LogP contribution in [0, 0.1) is 3.57 Å². The molecule has 0 radical (unpaired) electrons. The third-order valence-corrected chi connectivity index (χ3v) is 6.01. The summed E-state index contributed by atoms with van der Waals surface area (Å²) in [6.45, 7) is 2.41. The summed E-state index contributed by atoms with van der Waals surface area (Å²) in [6, 6.07) is 18.3. The largest absolute Gasteiger partial charge is 0.494 e. The minimum Gasteiger partial charge on any atom is -0.494 e. The highest BCUT2D eigenvalue weighted by atomic mass is 127. The third kappa shape index (κ3) is 5.28. The Bertz CT molecular complexity index is 1330. The van der Waals surface area contributed by atoms with Crippen LogP contribution < -0.4 is 15.4 Å². The highest BCUT2D eigenvalue weighted by Crippen LogP contribution is 2.32. The highest BCUT2D eigenvalue weighted by Gasteiger charge is 2.14. The zero-order valence-corrected chi connectivity index (χ0v) is 21.4. The molecule has 9 heteroatoms. The van der Waals surface area contributed by atoms with Crippen molar-refractivity contribution < 1.29 is 13.9 Å². The predicted molar refractivity (Wildman–Crippen MR) is 141 cm³/mol. The minimum absolute atomic E-state index is 0.181. The van der Waals surface area contributed by atoms with Gasteiger partial charge in [-0.05, 0) is 112 Å². The summed E-state index contributed by atoms with van der Waals surface area (Å²) in [5, 5.41) is 5.88. The molecule has 1 heterocycles. The lowest BCUT2D eigenvalue weighted by molar-refractivity contribution is 0.0977. The Hall–Kier alpha value is -2.50. The fourth-order valence-corrected chi connectivity index (χ4v) is 4.13. The van der Waals surface area contributed by atoms with E-state index in [1.165, 1.54) is 0 Å². The van der Waals surface area contributed by atoms with E-state index in [2.05, 4.69) is 54.1 Å². The topological polar surface area (TPSA) is 76.4 Å². The van der Waals surface area contributed by atoms with Gasteiger partial charge >= 0.3 is 0 Å². The van der Waals surface area contributed by atoms with E-state index in [0.717, 1.165) is 13.6 Å². The molecule has 4 rings (SSSR count). The van der Waals surface area contributed by atoms with Crippen molar-refractivity contribution in [2.24, 2.45) is 0 Å². The number of oxazole rings is 1. The second-order valence-electron chi connectivity index (χ2n) is 6.69. The smallest absolute Gasteiger partial charge is 0.257 e. The van der Waals surface area contributed by atoms with E-state index in [1.54, 1.807) is 24.3 Å². The van der Waals surface area contributed by atoms with Crippen LogP contribution in [0.25, 0.3) is 22.6 Å². The molecule has 1 amide bonds. The van der Waals surface area contributed by atoms with Crippen LogP contribution in [0.5, 0.6) is 5.75 Å². The van der Waals surface area contributed by atoms with E-state index in [1.807, 2.05) is 43.3 Å². The minimum atomic E-state index is -0.322. The number of hydrogen-bond donors (Lipinski definition) is 2. The highest BCUT2D eigenvalue weighted by molar-refractivity contribution is 14.1. The molecule has 2 N–H and O–H groups in total. The van der Waals surface area contributed by atoms with Crippen LogP contribution in [0.15, 0.2) is 69.6 Å². The number of nitrogens with one attached hydrogen (secondary N) is 2. The van der Waals surface area contributed by atoms with Gasteiger partial charge in [0.05, 0.1) is 12.2 Å². The molecule has 0 saturated heterocycles. The van der Waals surface area contributed by atoms with E-state index in [-0.39, 0.29) is 11.0 Å². The Morgan fingerprint density at radius 1 is 1.19 bits per heavy atom. The maximum absolute atomic E-state index is 12.5. The van der Waals surface area contributed by atoms with E-state index >= 15 is 0 Å². The summed E-state index contributed by atoms with van der Waals surface area (Å²) in [4.78, 5) is 17.1. The molecule has 0 saturated carbocycles. The summed E-state index contributed by atoms with van der Waals surface area (Å²) in [7, 11) is 0. The number of halogens is 2. The van der Waals surface area contributed by atoms with E-state index in [9.17, 15) is 4.79 Å². The average molecular weight is 622 g/mol. The van der Waals surface area contributed by atoms with Crippen molar-refractivity contribution in [2.45, 2.75) is 6.92 Å². The van der Waals surface area contributed by atoms with Gasteiger partial charge in [0.2, 0.25) is 5.89 Å². The Morgan fingerprint density at radius 3 is 2.84 bits per heavy atom. The maximum Gasteiger partial charge on any atom is 0.257 e. The van der Waals surface area contributed by atoms with Gasteiger partial charge in [-0.25, -0.2) is 4.98 Å². The lowest BCUT2D eigenvalue weighted by atomic mass is 10.2. The fourth-order valence-electron chi connectivity index (χ4n) is 3.01.